The van der Waals surface area contributed by atoms with Gasteiger partial charge in [0.25, 0.3) is 5.56 Å². The predicted molar refractivity (Wildman–Crippen MR) is 124 cm³/mol. The number of halogens is 1. The quantitative estimate of drug-likeness (QED) is 0.363. The molecule has 1 aliphatic heterocycles. The average molecular weight is 437 g/mol. The van der Waals surface area contributed by atoms with E-state index in [1.165, 1.54) is 6.07 Å². The summed E-state index contributed by atoms with van der Waals surface area (Å²) in [5, 5.41) is 0.952. The zero-order chi connectivity index (χ0) is 23.0. The molecule has 1 atom stereocenters. The lowest BCUT2D eigenvalue weighted by atomic mass is 9.93. The Hall–Kier alpha value is -2.86. The summed E-state index contributed by atoms with van der Waals surface area (Å²) in [6, 6.07) is 5.45. The fraction of sp³-hybridized carbons (Fsp3) is 0.423. The fourth-order valence-electron chi connectivity index (χ4n) is 4.75. The van der Waals surface area contributed by atoms with Crippen molar-refractivity contribution >= 4 is 17.2 Å². The van der Waals surface area contributed by atoms with Crippen molar-refractivity contribution in [3.8, 4) is 11.4 Å². The van der Waals surface area contributed by atoms with Crippen molar-refractivity contribution in [3.05, 3.63) is 62.2 Å². The van der Waals surface area contributed by atoms with Gasteiger partial charge < -0.3 is 14.1 Å². The van der Waals surface area contributed by atoms with Crippen molar-refractivity contribution in [2.75, 3.05) is 7.11 Å². The standard InChI is InChI=1S/C26H29FN2O3/c1-5-7-8-18-15(3)22(27)11-23-20(18)9-17-12-29-24(25(17)28-23)10-19(16(6-2)13-30)21(14-32-4)26(29)31/h9-11,13,16H,5-8,12,14H2,1-4H3. The molecule has 3 aromatic rings. The van der Waals surface area contributed by atoms with Gasteiger partial charge in [-0.2, -0.15) is 0 Å². The molecule has 1 unspecified atom stereocenters. The highest BCUT2D eigenvalue weighted by Crippen LogP contribution is 2.36. The van der Waals surface area contributed by atoms with Crippen LogP contribution in [0.1, 0.15) is 66.8 Å². The minimum atomic E-state index is -0.385. The molecule has 0 aliphatic carbocycles. The van der Waals surface area contributed by atoms with Crippen LogP contribution in [0.3, 0.4) is 0 Å². The van der Waals surface area contributed by atoms with Gasteiger partial charge in [-0.25, -0.2) is 9.37 Å². The van der Waals surface area contributed by atoms with Gasteiger partial charge in [0.2, 0.25) is 0 Å². The number of hydrogen-bond acceptors (Lipinski definition) is 4. The monoisotopic (exact) mass is 436 g/mol. The second kappa shape index (κ2) is 8.94. The van der Waals surface area contributed by atoms with E-state index in [0.717, 1.165) is 42.1 Å². The van der Waals surface area contributed by atoms with Crippen LogP contribution in [0.15, 0.2) is 23.0 Å². The van der Waals surface area contributed by atoms with Gasteiger partial charge in [-0.15, -0.1) is 0 Å². The van der Waals surface area contributed by atoms with Crippen LogP contribution in [-0.4, -0.2) is 22.9 Å². The molecule has 0 saturated heterocycles. The number of nitrogens with zero attached hydrogens (tertiary/aromatic N) is 2. The largest absolute Gasteiger partial charge is 0.380 e. The molecule has 168 valence electrons. The number of rotatable bonds is 8. The van der Waals surface area contributed by atoms with Crippen molar-refractivity contribution in [3.63, 3.8) is 0 Å². The van der Waals surface area contributed by atoms with Crippen molar-refractivity contribution in [2.24, 2.45) is 0 Å². The van der Waals surface area contributed by atoms with Crippen LogP contribution in [0.5, 0.6) is 0 Å². The van der Waals surface area contributed by atoms with E-state index in [1.807, 2.05) is 19.9 Å². The lowest BCUT2D eigenvalue weighted by Gasteiger charge is -2.16. The Kier molecular flexibility index (Phi) is 6.24. The third-order valence-electron chi connectivity index (χ3n) is 6.61. The summed E-state index contributed by atoms with van der Waals surface area (Å²) in [4.78, 5) is 29.9. The molecule has 5 nitrogen and oxygen atoms in total. The van der Waals surface area contributed by atoms with E-state index in [1.54, 1.807) is 11.7 Å². The third-order valence-corrected chi connectivity index (χ3v) is 6.61. The Labute approximate surface area is 187 Å². The summed E-state index contributed by atoms with van der Waals surface area (Å²) in [6.07, 6.45) is 4.27. The number of aryl methyl sites for hydroxylation is 1. The normalized spacial score (nSPS) is 13.3. The summed E-state index contributed by atoms with van der Waals surface area (Å²) in [5.41, 5.74) is 5.61. The molecule has 2 aromatic heterocycles. The summed E-state index contributed by atoms with van der Waals surface area (Å²) >= 11 is 0. The molecule has 0 fully saturated rings. The maximum atomic E-state index is 14.7. The number of carbonyl (C=O) groups excluding carboxylic acids is 1. The van der Waals surface area contributed by atoms with Gasteiger partial charge in [-0.1, -0.05) is 20.3 Å². The maximum Gasteiger partial charge on any atom is 0.257 e. The highest BCUT2D eigenvalue weighted by molar-refractivity contribution is 5.88. The first-order valence-electron chi connectivity index (χ1n) is 11.3. The zero-order valence-corrected chi connectivity index (χ0v) is 19.1. The molecular weight excluding hydrogens is 407 g/mol. The molecule has 1 aliphatic rings. The second-order valence-electron chi connectivity index (χ2n) is 8.57. The molecule has 0 N–H and O–H groups in total. The molecule has 0 radical (unpaired) electrons. The van der Waals surface area contributed by atoms with Gasteiger partial charge in [0.1, 0.15) is 12.1 Å². The highest BCUT2D eigenvalue weighted by atomic mass is 19.1. The van der Waals surface area contributed by atoms with E-state index < -0.39 is 0 Å². The molecule has 3 heterocycles. The Bertz CT molecular complexity index is 1260. The number of hydrogen-bond donors (Lipinski definition) is 0. The van der Waals surface area contributed by atoms with Gasteiger partial charge in [0.15, 0.2) is 0 Å². The molecule has 0 amide bonds. The first kappa shape index (κ1) is 22.3. The minimum Gasteiger partial charge on any atom is -0.380 e. The number of pyridine rings is 2. The van der Waals surface area contributed by atoms with E-state index in [2.05, 4.69) is 13.0 Å². The SMILES string of the molecule is CCCCc1c(C)c(F)cc2nc3c(cc12)Cn1c-3cc(C(C=O)CC)c(COC)c1=O. The summed E-state index contributed by atoms with van der Waals surface area (Å²) in [6.45, 7) is 6.41. The third kappa shape index (κ3) is 3.56. The molecule has 6 heteroatoms. The molecule has 0 bridgehead atoms. The van der Waals surface area contributed by atoms with Gasteiger partial charge in [-0.05, 0) is 55.0 Å². The molecule has 0 saturated carbocycles. The number of aromatic nitrogens is 2. The van der Waals surface area contributed by atoms with Crippen LogP contribution in [0.25, 0.3) is 22.3 Å². The van der Waals surface area contributed by atoms with Crippen LogP contribution in [-0.2, 0) is 29.1 Å². The Balaban J connectivity index is 1.96. The Morgan fingerprint density at radius 1 is 1.25 bits per heavy atom. The second-order valence-corrected chi connectivity index (χ2v) is 8.57. The van der Waals surface area contributed by atoms with Gasteiger partial charge >= 0.3 is 0 Å². The number of aldehydes is 1. The van der Waals surface area contributed by atoms with Gasteiger partial charge in [-0.3, -0.25) is 4.79 Å². The molecule has 0 spiro atoms. The first-order chi connectivity index (χ1) is 15.4. The van der Waals surface area contributed by atoms with Crippen LogP contribution in [0, 0.1) is 12.7 Å². The lowest BCUT2D eigenvalue weighted by Crippen LogP contribution is -2.26. The van der Waals surface area contributed by atoms with Gasteiger partial charge in [0.05, 0.1) is 30.1 Å². The van der Waals surface area contributed by atoms with Crippen LogP contribution in [0.2, 0.25) is 0 Å². The number of methoxy groups -OCH3 is 1. The first-order valence-corrected chi connectivity index (χ1v) is 11.3. The number of carbonyl (C=O) groups is 1. The summed E-state index contributed by atoms with van der Waals surface area (Å²) in [5.74, 6) is -0.640. The zero-order valence-electron chi connectivity index (χ0n) is 19.1. The predicted octanol–water partition coefficient (Wildman–Crippen LogP) is 5.05. The lowest BCUT2D eigenvalue weighted by molar-refractivity contribution is -0.109. The molecule has 32 heavy (non-hydrogen) atoms. The van der Waals surface area contributed by atoms with Gasteiger partial charge in [0, 0.05) is 35.6 Å². The van der Waals surface area contributed by atoms with Crippen molar-refractivity contribution in [2.45, 2.75) is 65.5 Å². The average Bonchev–Trinajstić information content (AvgIpc) is 3.14. The number of ether oxygens (including phenoxy) is 1. The van der Waals surface area contributed by atoms with Crippen LogP contribution < -0.4 is 5.56 Å². The van der Waals surface area contributed by atoms with Crippen molar-refractivity contribution < 1.29 is 13.9 Å². The van der Waals surface area contributed by atoms with Crippen molar-refractivity contribution in [1.82, 2.24) is 9.55 Å². The van der Waals surface area contributed by atoms with E-state index in [4.69, 9.17) is 9.72 Å². The molecular formula is C26H29FN2O3. The maximum absolute atomic E-state index is 14.7. The van der Waals surface area contributed by atoms with Crippen molar-refractivity contribution in [1.29, 1.82) is 0 Å². The number of benzene rings is 1. The smallest absolute Gasteiger partial charge is 0.257 e. The minimum absolute atomic E-state index is 0.149. The summed E-state index contributed by atoms with van der Waals surface area (Å²) < 4.78 is 21.7. The topological polar surface area (TPSA) is 61.2 Å². The van der Waals surface area contributed by atoms with Crippen LogP contribution >= 0.6 is 0 Å². The number of unbranched alkanes of at least 4 members (excludes halogenated alkanes) is 1. The summed E-state index contributed by atoms with van der Waals surface area (Å²) in [7, 11) is 1.54. The van der Waals surface area contributed by atoms with E-state index in [9.17, 15) is 14.0 Å². The highest BCUT2D eigenvalue weighted by Gasteiger charge is 2.28. The molecule has 1 aromatic carbocycles. The Morgan fingerprint density at radius 3 is 2.69 bits per heavy atom. The molecule has 4 rings (SSSR count). The van der Waals surface area contributed by atoms with E-state index in [-0.39, 0.29) is 23.9 Å². The Morgan fingerprint density at radius 2 is 2.03 bits per heavy atom. The fourth-order valence-corrected chi connectivity index (χ4v) is 4.75. The van der Waals surface area contributed by atoms with E-state index in [0.29, 0.717) is 46.6 Å². The van der Waals surface area contributed by atoms with E-state index >= 15 is 0 Å². The van der Waals surface area contributed by atoms with Crippen LogP contribution in [0.4, 0.5) is 4.39 Å². The number of fused-ring (bicyclic) bond motifs is 4.